The molecule has 6 heteroatoms. The highest BCUT2D eigenvalue weighted by Gasteiger charge is 2.71. The fraction of sp³-hybridized carbons (Fsp3) is 0.526. The highest BCUT2D eigenvalue weighted by atomic mass is 16.5. The van der Waals surface area contributed by atoms with Crippen LogP contribution in [-0.2, 0) is 10.2 Å². The van der Waals surface area contributed by atoms with E-state index in [-0.39, 0.29) is 33.4 Å². The highest BCUT2D eigenvalue weighted by molar-refractivity contribution is 5.80. The van der Waals surface area contributed by atoms with Gasteiger partial charge >= 0.3 is 5.97 Å². The summed E-state index contributed by atoms with van der Waals surface area (Å²) in [5.74, 6) is 4.80. The van der Waals surface area contributed by atoms with E-state index in [1.807, 2.05) is 18.2 Å². The molecule has 8 aliphatic carbocycles. The first-order valence-corrected chi connectivity index (χ1v) is 16.8. The van der Waals surface area contributed by atoms with Gasteiger partial charge < -0.3 is 20.3 Å². The normalized spacial score (nSPS) is 39.4. The Morgan fingerprint density at radius 1 is 0.795 bits per heavy atom. The van der Waals surface area contributed by atoms with E-state index < -0.39 is 0 Å². The van der Waals surface area contributed by atoms with Gasteiger partial charge in [0.15, 0.2) is 0 Å². The molecule has 11 rings (SSSR count). The molecule has 3 aromatic rings. The number of phenolic OH excluding ortho intramolecular Hbond substituents is 1. The summed E-state index contributed by atoms with van der Waals surface area (Å²) in [5.41, 5.74) is 7.72. The lowest BCUT2D eigenvalue weighted by Gasteiger charge is -2.73. The molecule has 0 amide bonds. The number of rotatable bonds is 6. The van der Waals surface area contributed by atoms with E-state index in [0.29, 0.717) is 29.0 Å². The number of esters is 1. The number of carbonyl (C=O) groups is 1. The summed E-state index contributed by atoms with van der Waals surface area (Å²) < 4.78 is 12.6. The van der Waals surface area contributed by atoms with Gasteiger partial charge in [-0.05, 0) is 142 Å². The monoisotopic (exact) mass is 590 g/mol. The van der Waals surface area contributed by atoms with Crippen LogP contribution in [0.4, 0.5) is 5.69 Å². The SMILES string of the molecule is Nc1ccc(Oc2ccccc2C23CC4CC(C2)CC(C25CC6CC(CC(C(=O)Oc7cccnc7)(C6)C2)C5)(C4)C3)cc1O. The predicted octanol–water partition coefficient (Wildman–Crippen LogP) is 8.19. The maximum absolute atomic E-state index is 14.1. The molecule has 6 nitrogen and oxygen atoms in total. The number of nitrogens with two attached hydrogens (primary N) is 1. The molecule has 0 saturated heterocycles. The molecular formula is C38H42N2O4. The van der Waals surface area contributed by atoms with Crippen LogP contribution in [-0.4, -0.2) is 16.1 Å². The van der Waals surface area contributed by atoms with Crippen molar-refractivity contribution >= 4 is 11.7 Å². The Morgan fingerprint density at radius 2 is 1.48 bits per heavy atom. The number of phenols is 1. The first kappa shape index (κ1) is 26.8. The summed E-state index contributed by atoms with van der Waals surface area (Å²) in [4.78, 5) is 18.3. The van der Waals surface area contributed by atoms with Crippen LogP contribution < -0.4 is 15.2 Å². The van der Waals surface area contributed by atoms with Crippen LogP contribution in [0.3, 0.4) is 0 Å². The Morgan fingerprint density at radius 3 is 2.16 bits per heavy atom. The number of aromatic hydroxyl groups is 1. The average Bonchev–Trinajstić information content (AvgIpc) is 2.98. The van der Waals surface area contributed by atoms with Gasteiger partial charge in [0, 0.05) is 23.2 Å². The summed E-state index contributed by atoms with van der Waals surface area (Å²) >= 11 is 0. The minimum atomic E-state index is -0.366. The standard InChI is InChI=1S/C38H42N2O4/c39-31-8-7-28(12-32(31)41)43-33-6-2-1-5-30(33)35-13-24-10-25(14-35)18-37(17-24,22-35)38-19-26-11-27(20-38)16-36(15-26,23-38)34(42)44-29-4-3-9-40-21-29/h1-9,12,21,24-27,41H,10-11,13-20,22-23,39H2. The van der Waals surface area contributed by atoms with Gasteiger partial charge in [0.1, 0.15) is 23.0 Å². The molecule has 0 aliphatic heterocycles. The summed E-state index contributed by atoms with van der Waals surface area (Å²) in [6, 6.07) is 17.5. The van der Waals surface area contributed by atoms with E-state index in [1.165, 1.54) is 63.4 Å². The number of para-hydroxylation sites is 1. The number of nitrogens with zero attached hydrogens (tertiary/aromatic N) is 1. The van der Waals surface area contributed by atoms with E-state index in [4.69, 9.17) is 15.2 Å². The molecule has 0 radical (unpaired) electrons. The zero-order chi connectivity index (χ0) is 29.7. The largest absolute Gasteiger partial charge is 0.506 e. The van der Waals surface area contributed by atoms with Gasteiger partial charge in [-0.1, -0.05) is 18.2 Å². The second-order valence-electron chi connectivity index (χ2n) is 15.9. The predicted molar refractivity (Wildman–Crippen MR) is 167 cm³/mol. The third-order valence-electron chi connectivity index (χ3n) is 13.2. The molecule has 228 valence electrons. The molecule has 44 heavy (non-hydrogen) atoms. The molecule has 4 atom stereocenters. The van der Waals surface area contributed by atoms with Crippen LogP contribution in [0.15, 0.2) is 67.0 Å². The van der Waals surface area contributed by atoms with E-state index in [0.717, 1.165) is 36.8 Å². The molecule has 0 spiro atoms. The third kappa shape index (κ3) is 3.91. The number of hydrogen-bond acceptors (Lipinski definition) is 6. The van der Waals surface area contributed by atoms with Gasteiger partial charge in [0.25, 0.3) is 0 Å². The number of pyridine rings is 1. The van der Waals surface area contributed by atoms with Crippen molar-refractivity contribution in [3.63, 3.8) is 0 Å². The number of ether oxygens (including phenoxy) is 2. The number of aromatic nitrogens is 1. The van der Waals surface area contributed by atoms with Gasteiger partial charge in [-0.25, -0.2) is 0 Å². The summed E-state index contributed by atoms with van der Waals surface area (Å²) in [7, 11) is 0. The molecule has 1 heterocycles. The van der Waals surface area contributed by atoms with Crippen LogP contribution >= 0.6 is 0 Å². The Bertz CT molecular complexity index is 1610. The smallest absolute Gasteiger partial charge is 0.317 e. The van der Waals surface area contributed by atoms with Crippen LogP contribution in [0.25, 0.3) is 0 Å². The van der Waals surface area contributed by atoms with Crippen molar-refractivity contribution < 1.29 is 19.4 Å². The van der Waals surface area contributed by atoms with Crippen molar-refractivity contribution in [1.82, 2.24) is 4.98 Å². The van der Waals surface area contributed by atoms with Crippen LogP contribution in [0.1, 0.15) is 82.6 Å². The van der Waals surface area contributed by atoms with E-state index in [9.17, 15) is 9.90 Å². The first-order valence-electron chi connectivity index (χ1n) is 16.8. The van der Waals surface area contributed by atoms with Gasteiger partial charge in [-0.15, -0.1) is 0 Å². The summed E-state index contributed by atoms with van der Waals surface area (Å²) in [6.45, 7) is 0. The van der Waals surface area contributed by atoms with Crippen molar-refractivity contribution in [2.75, 3.05) is 5.73 Å². The van der Waals surface area contributed by atoms with Crippen molar-refractivity contribution in [2.45, 2.75) is 82.5 Å². The molecule has 8 bridgehead atoms. The minimum Gasteiger partial charge on any atom is -0.506 e. The lowest BCUT2D eigenvalue weighted by atomic mass is 9.31. The minimum absolute atomic E-state index is 0.00564. The van der Waals surface area contributed by atoms with Crippen LogP contribution in [0.2, 0.25) is 0 Å². The fourth-order valence-corrected chi connectivity index (χ4v) is 12.7. The zero-order valence-corrected chi connectivity index (χ0v) is 25.3. The Hall–Kier alpha value is -3.54. The van der Waals surface area contributed by atoms with Crippen molar-refractivity contribution in [3.05, 3.63) is 72.6 Å². The van der Waals surface area contributed by atoms with Gasteiger partial charge in [0.05, 0.1) is 17.3 Å². The van der Waals surface area contributed by atoms with Gasteiger partial charge in [0.2, 0.25) is 0 Å². The quantitative estimate of drug-likeness (QED) is 0.171. The van der Waals surface area contributed by atoms with Crippen molar-refractivity contribution in [3.8, 4) is 23.0 Å². The average molecular weight is 591 g/mol. The summed E-state index contributed by atoms with van der Waals surface area (Å²) in [5, 5.41) is 10.3. The van der Waals surface area contributed by atoms with E-state index >= 15 is 0 Å². The third-order valence-corrected chi connectivity index (χ3v) is 13.2. The molecule has 3 N–H and O–H groups in total. The Labute approximate surface area is 259 Å². The second kappa shape index (κ2) is 9.24. The van der Waals surface area contributed by atoms with Crippen molar-refractivity contribution in [1.29, 1.82) is 0 Å². The Kier molecular flexibility index (Phi) is 5.64. The second-order valence-corrected chi connectivity index (χ2v) is 15.9. The zero-order valence-electron chi connectivity index (χ0n) is 25.3. The maximum Gasteiger partial charge on any atom is 0.317 e. The van der Waals surface area contributed by atoms with E-state index in [2.05, 4.69) is 29.2 Å². The number of carbonyl (C=O) groups excluding carboxylic acids is 1. The molecule has 2 aromatic carbocycles. The van der Waals surface area contributed by atoms with Crippen LogP contribution in [0, 0.1) is 39.9 Å². The molecule has 8 aliphatic rings. The number of hydrogen-bond donors (Lipinski definition) is 2. The molecule has 8 saturated carbocycles. The number of benzene rings is 2. The summed E-state index contributed by atoms with van der Waals surface area (Å²) in [6.07, 6.45) is 17.8. The molecule has 1 aromatic heterocycles. The van der Waals surface area contributed by atoms with E-state index in [1.54, 1.807) is 24.5 Å². The topological polar surface area (TPSA) is 94.7 Å². The highest BCUT2D eigenvalue weighted by Crippen LogP contribution is 2.79. The number of nitrogen functional groups attached to an aromatic ring is 1. The Balaban J connectivity index is 1.08. The lowest BCUT2D eigenvalue weighted by Crippen LogP contribution is -2.66. The van der Waals surface area contributed by atoms with Crippen LogP contribution in [0.5, 0.6) is 23.0 Å². The molecule has 4 unspecified atom stereocenters. The lowest BCUT2D eigenvalue weighted by molar-refractivity contribution is -0.229. The van der Waals surface area contributed by atoms with Gasteiger partial charge in [-0.2, -0.15) is 0 Å². The number of anilines is 1. The maximum atomic E-state index is 14.1. The van der Waals surface area contributed by atoms with Gasteiger partial charge in [-0.3, -0.25) is 9.78 Å². The van der Waals surface area contributed by atoms with Crippen molar-refractivity contribution in [2.24, 2.45) is 39.9 Å². The molecular weight excluding hydrogens is 548 g/mol. The fourth-order valence-electron chi connectivity index (χ4n) is 12.7. The molecule has 8 fully saturated rings. The first-order chi connectivity index (χ1) is 21.3.